The van der Waals surface area contributed by atoms with Crippen molar-refractivity contribution in [2.24, 2.45) is 0 Å². The molecule has 0 unspecified atom stereocenters. The predicted octanol–water partition coefficient (Wildman–Crippen LogP) is 1.09. The molecule has 0 aromatic heterocycles. The lowest BCUT2D eigenvalue weighted by molar-refractivity contribution is 0.0696. The fraction of sp³-hybridized carbons (Fsp3) is 0.222. The molecule has 7 nitrogen and oxygen atoms in total. The summed E-state index contributed by atoms with van der Waals surface area (Å²) >= 11 is 0. The van der Waals surface area contributed by atoms with Crippen molar-refractivity contribution >= 4 is 26.7 Å². The monoisotopic (exact) mass is 330 g/mol. The normalized spacial score (nSPS) is 12.2. The van der Waals surface area contributed by atoms with Crippen molar-refractivity contribution in [1.29, 1.82) is 0 Å². The van der Waals surface area contributed by atoms with Crippen LogP contribution in [0.25, 0.3) is 0 Å². The summed E-state index contributed by atoms with van der Waals surface area (Å²) in [6, 6.07) is 1.51. The molecule has 1 rings (SSSR count). The summed E-state index contributed by atoms with van der Waals surface area (Å²) in [6.45, 7) is 1.13. The topological polar surface area (TPSA) is 115 Å². The van der Waals surface area contributed by atoms with Crippen LogP contribution in [-0.2, 0) is 26.5 Å². The van der Waals surface area contributed by atoms with E-state index >= 15 is 0 Å². The van der Waals surface area contributed by atoms with Gasteiger partial charge in [0.1, 0.15) is 11.5 Å². The second-order valence-electron chi connectivity index (χ2n) is 3.72. The van der Waals surface area contributed by atoms with E-state index in [4.69, 9.17) is 5.11 Å². The molecule has 0 aliphatic rings. The van der Waals surface area contributed by atoms with Gasteiger partial charge in [-0.2, -0.15) is 16.8 Å². The molecule has 1 aromatic rings. The molecule has 0 fully saturated rings. The molecule has 1 N–H and O–H groups in total. The average molecular weight is 330 g/mol. The third-order valence-electron chi connectivity index (χ3n) is 2.23. The zero-order valence-electron chi connectivity index (χ0n) is 9.83. The summed E-state index contributed by atoms with van der Waals surface area (Å²) in [6.07, 6.45) is 0. The molecule has 0 saturated carbocycles. The Morgan fingerprint density at radius 3 is 2.20 bits per heavy atom. The maximum atomic E-state index is 12.6. The van der Waals surface area contributed by atoms with Crippen LogP contribution < -0.4 is 4.18 Å². The Morgan fingerprint density at radius 1 is 1.25 bits per heavy atom. The van der Waals surface area contributed by atoms with Crippen molar-refractivity contribution in [3.63, 3.8) is 0 Å². The summed E-state index contributed by atoms with van der Waals surface area (Å²) in [5, 5.41) is 8.78. The molecule has 0 radical (unpaired) electrons. The van der Waals surface area contributed by atoms with Crippen LogP contribution in [0.4, 0.5) is 7.77 Å². The van der Waals surface area contributed by atoms with Crippen LogP contribution in [0, 0.1) is 6.92 Å². The summed E-state index contributed by atoms with van der Waals surface area (Å²) in [4.78, 5) is 10.8. The lowest BCUT2D eigenvalue weighted by Gasteiger charge is -2.10. The van der Waals surface area contributed by atoms with Gasteiger partial charge in [-0.3, -0.25) is 0 Å². The number of benzene rings is 1. The van der Waals surface area contributed by atoms with Gasteiger partial charge in [0, 0.05) is 0 Å². The molecular weight excluding hydrogens is 322 g/mol. The minimum atomic E-state index is -5.44. The van der Waals surface area contributed by atoms with E-state index in [1.165, 1.54) is 0 Å². The van der Waals surface area contributed by atoms with E-state index < -0.39 is 43.8 Å². The van der Waals surface area contributed by atoms with Gasteiger partial charge in [0.25, 0.3) is 0 Å². The number of rotatable bonds is 5. The molecule has 0 bridgehead atoms. The van der Waals surface area contributed by atoms with Crippen LogP contribution in [0.5, 0.6) is 5.75 Å². The Balaban J connectivity index is 3.48. The van der Waals surface area contributed by atoms with Crippen molar-refractivity contribution in [2.45, 2.75) is 12.7 Å². The van der Waals surface area contributed by atoms with Gasteiger partial charge in [0.15, 0.2) is 0 Å². The standard InChI is InChI=1S/C9H8F2O7S2/c1-5-7(4-19(10,14)15)2-6(9(12)13)3-8(5)18-20(11,16)17/h2-3H,4H2,1H3,(H,12,13). The minimum Gasteiger partial charge on any atom is -0.478 e. The number of carboxylic acids is 1. The van der Waals surface area contributed by atoms with Gasteiger partial charge >= 0.3 is 26.7 Å². The number of carboxylic acid groups (broad SMARTS) is 1. The Hall–Kier alpha value is -1.75. The second-order valence-corrected chi connectivity index (χ2v) is 6.04. The molecule has 0 saturated heterocycles. The molecular formula is C9H8F2O7S2. The third-order valence-corrected chi connectivity index (χ3v) is 3.27. The SMILES string of the molecule is Cc1c(CS(=O)(=O)F)cc(C(=O)O)cc1OS(=O)(=O)F. The fourth-order valence-electron chi connectivity index (χ4n) is 1.40. The van der Waals surface area contributed by atoms with Crippen molar-refractivity contribution in [1.82, 2.24) is 0 Å². The molecule has 11 heteroatoms. The smallest absolute Gasteiger partial charge is 0.478 e. The van der Waals surface area contributed by atoms with Crippen LogP contribution in [-0.4, -0.2) is 27.9 Å². The summed E-state index contributed by atoms with van der Waals surface area (Å²) < 4.78 is 71.0. The lowest BCUT2D eigenvalue weighted by Crippen LogP contribution is -2.08. The van der Waals surface area contributed by atoms with Crippen LogP contribution in [0.15, 0.2) is 12.1 Å². The van der Waals surface area contributed by atoms with E-state index in [1.807, 2.05) is 0 Å². The van der Waals surface area contributed by atoms with E-state index in [0.29, 0.717) is 6.07 Å². The molecule has 112 valence electrons. The maximum Gasteiger partial charge on any atom is 0.488 e. The summed E-state index contributed by atoms with van der Waals surface area (Å²) in [5.41, 5.74) is -1.14. The van der Waals surface area contributed by atoms with E-state index in [9.17, 15) is 29.4 Å². The number of aromatic carboxylic acids is 1. The van der Waals surface area contributed by atoms with Gasteiger partial charge in [-0.15, -0.1) is 3.89 Å². The summed E-state index contributed by atoms with van der Waals surface area (Å²) in [5.74, 6) is -3.47. The number of hydrogen-bond donors (Lipinski definition) is 1. The lowest BCUT2D eigenvalue weighted by atomic mass is 10.1. The predicted molar refractivity (Wildman–Crippen MR) is 62.5 cm³/mol. The van der Waals surface area contributed by atoms with E-state index in [2.05, 4.69) is 4.18 Å². The first-order valence-corrected chi connectivity index (χ1v) is 7.68. The Morgan fingerprint density at radius 2 is 1.80 bits per heavy atom. The van der Waals surface area contributed by atoms with E-state index in [1.54, 1.807) is 0 Å². The quantitative estimate of drug-likeness (QED) is 0.803. The number of carbonyl (C=O) groups is 1. The highest BCUT2D eigenvalue weighted by molar-refractivity contribution is 7.85. The Kier molecular flexibility index (Phi) is 4.34. The van der Waals surface area contributed by atoms with Gasteiger partial charge in [0.2, 0.25) is 0 Å². The summed E-state index contributed by atoms with van der Waals surface area (Å²) in [7, 11) is -10.4. The zero-order valence-corrected chi connectivity index (χ0v) is 11.5. The maximum absolute atomic E-state index is 12.6. The van der Waals surface area contributed by atoms with Crippen LogP contribution in [0.3, 0.4) is 0 Å². The van der Waals surface area contributed by atoms with E-state index in [-0.39, 0.29) is 11.1 Å². The molecule has 0 aliphatic heterocycles. The highest BCUT2D eigenvalue weighted by atomic mass is 32.3. The van der Waals surface area contributed by atoms with Crippen molar-refractivity contribution < 1.29 is 38.7 Å². The van der Waals surface area contributed by atoms with Crippen LogP contribution in [0.1, 0.15) is 21.5 Å². The van der Waals surface area contributed by atoms with Crippen molar-refractivity contribution in [3.05, 3.63) is 28.8 Å². The van der Waals surface area contributed by atoms with Crippen LogP contribution >= 0.6 is 0 Å². The molecule has 0 heterocycles. The largest absolute Gasteiger partial charge is 0.488 e. The third kappa shape index (κ3) is 4.74. The van der Waals surface area contributed by atoms with Gasteiger partial charge in [-0.1, -0.05) is 3.89 Å². The molecule has 0 atom stereocenters. The van der Waals surface area contributed by atoms with Crippen molar-refractivity contribution in [3.8, 4) is 5.75 Å². The molecule has 0 amide bonds. The highest BCUT2D eigenvalue weighted by Gasteiger charge is 2.20. The van der Waals surface area contributed by atoms with Gasteiger partial charge < -0.3 is 9.29 Å². The first-order chi connectivity index (χ1) is 8.89. The molecule has 0 aliphatic carbocycles. The fourth-order valence-corrected chi connectivity index (χ4v) is 2.46. The molecule has 0 spiro atoms. The number of halogens is 2. The first kappa shape index (κ1) is 16.3. The Bertz CT molecular complexity index is 697. The number of hydrogen-bond acceptors (Lipinski definition) is 6. The molecule has 1 aromatic carbocycles. The first-order valence-electron chi connectivity index (χ1n) is 4.82. The second kappa shape index (κ2) is 5.32. The van der Waals surface area contributed by atoms with Crippen LogP contribution in [0.2, 0.25) is 0 Å². The minimum absolute atomic E-state index is 0.211. The van der Waals surface area contributed by atoms with Gasteiger partial charge in [0.05, 0.1) is 5.56 Å². The van der Waals surface area contributed by atoms with Crippen molar-refractivity contribution in [2.75, 3.05) is 0 Å². The van der Waals surface area contributed by atoms with Gasteiger partial charge in [-0.05, 0) is 30.2 Å². The van der Waals surface area contributed by atoms with Gasteiger partial charge in [-0.25, -0.2) is 4.79 Å². The zero-order chi connectivity index (χ0) is 15.7. The molecule has 20 heavy (non-hydrogen) atoms. The Labute approximate surface area is 113 Å². The average Bonchev–Trinajstić information content (AvgIpc) is 2.19. The highest BCUT2D eigenvalue weighted by Crippen LogP contribution is 2.27. The van der Waals surface area contributed by atoms with E-state index in [0.717, 1.165) is 13.0 Å².